The molecular formula is C18H17ClFN3OS. The van der Waals surface area contributed by atoms with Crippen molar-refractivity contribution in [1.82, 2.24) is 9.47 Å². The highest BCUT2D eigenvalue weighted by molar-refractivity contribution is 8.18. The number of aromatic nitrogens is 1. The standard InChI is InChI=1S/C18H17ClFN3OS/c1-10-7-12(8-16-17(24)22(4)18(21-3)25-16)11(2)23(10)15-6-5-13(19)9-14(15)20/h5-9H,1-4H3/b16-8+,21-18?. The van der Waals surface area contributed by atoms with Gasteiger partial charge in [-0.05, 0) is 61.5 Å². The number of aryl methyl sites for hydroxylation is 1. The molecule has 1 aromatic carbocycles. The van der Waals surface area contributed by atoms with Gasteiger partial charge < -0.3 is 4.57 Å². The molecule has 130 valence electrons. The Bertz CT molecular complexity index is 933. The van der Waals surface area contributed by atoms with E-state index in [4.69, 9.17) is 11.6 Å². The summed E-state index contributed by atoms with van der Waals surface area (Å²) in [5.74, 6) is -0.479. The zero-order valence-electron chi connectivity index (χ0n) is 14.3. The van der Waals surface area contributed by atoms with Crippen molar-refractivity contribution in [2.45, 2.75) is 13.8 Å². The van der Waals surface area contributed by atoms with Crippen LogP contribution in [0.3, 0.4) is 0 Å². The van der Waals surface area contributed by atoms with Crippen LogP contribution < -0.4 is 0 Å². The van der Waals surface area contributed by atoms with Crippen molar-refractivity contribution >= 4 is 40.5 Å². The van der Waals surface area contributed by atoms with Crippen molar-refractivity contribution in [3.05, 3.63) is 57.0 Å². The first kappa shape index (κ1) is 17.8. The van der Waals surface area contributed by atoms with Gasteiger partial charge in [0.25, 0.3) is 5.91 Å². The lowest BCUT2D eigenvalue weighted by Gasteiger charge is -2.11. The zero-order chi connectivity index (χ0) is 18.3. The predicted molar refractivity (Wildman–Crippen MR) is 102 cm³/mol. The molecule has 0 unspecified atom stereocenters. The molecule has 1 aromatic heterocycles. The Labute approximate surface area is 155 Å². The lowest BCUT2D eigenvalue weighted by atomic mass is 10.2. The van der Waals surface area contributed by atoms with Crippen LogP contribution in [-0.4, -0.2) is 34.6 Å². The third-order valence-corrected chi connectivity index (χ3v) is 5.49. The minimum Gasteiger partial charge on any atom is -0.315 e. The van der Waals surface area contributed by atoms with Gasteiger partial charge in [-0.25, -0.2) is 4.39 Å². The highest BCUT2D eigenvalue weighted by Crippen LogP contribution is 2.33. The number of carbonyl (C=O) groups is 1. The molecular weight excluding hydrogens is 361 g/mol. The normalized spacial score (nSPS) is 18.0. The van der Waals surface area contributed by atoms with Crippen molar-refractivity contribution < 1.29 is 9.18 Å². The summed E-state index contributed by atoms with van der Waals surface area (Å²) in [4.78, 5) is 18.5. The Morgan fingerprint density at radius 3 is 2.60 bits per heavy atom. The number of benzene rings is 1. The summed E-state index contributed by atoms with van der Waals surface area (Å²) in [5.41, 5.74) is 3.03. The van der Waals surface area contributed by atoms with E-state index >= 15 is 0 Å². The summed E-state index contributed by atoms with van der Waals surface area (Å²) in [6.45, 7) is 3.80. The fraction of sp³-hybridized carbons (Fsp3) is 0.222. The summed E-state index contributed by atoms with van der Waals surface area (Å²) in [5, 5.41) is 1.02. The Morgan fingerprint density at radius 1 is 1.28 bits per heavy atom. The van der Waals surface area contributed by atoms with Gasteiger partial charge in [0.2, 0.25) is 0 Å². The van der Waals surface area contributed by atoms with Crippen LogP contribution >= 0.6 is 23.4 Å². The quantitative estimate of drug-likeness (QED) is 0.726. The molecule has 0 atom stereocenters. The van der Waals surface area contributed by atoms with Gasteiger partial charge in [-0.2, -0.15) is 0 Å². The topological polar surface area (TPSA) is 37.6 Å². The Hall–Kier alpha value is -2.05. The number of amidine groups is 1. The van der Waals surface area contributed by atoms with Crippen LogP contribution in [0.15, 0.2) is 34.2 Å². The first-order valence-corrected chi connectivity index (χ1v) is 8.81. The van der Waals surface area contributed by atoms with Gasteiger partial charge in [0.1, 0.15) is 5.82 Å². The van der Waals surface area contributed by atoms with E-state index in [2.05, 4.69) is 4.99 Å². The van der Waals surface area contributed by atoms with E-state index in [1.165, 1.54) is 22.7 Å². The zero-order valence-corrected chi connectivity index (χ0v) is 15.9. The number of likely N-dealkylation sites (N-methyl/N-ethyl adjacent to an activating group) is 1. The van der Waals surface area contributed by atoms with Gasteiger partial charge in [0.05, 0.1) is 10.6 Å². The molecule has 0 saturated carbocycles. The van der Waals surface area contributed by atoms with E-state index in [9.17, 15) is 9.18 Å². The molecule has 4 nitrogen and oxygen atoms in total. The van der Waals surface area contributed by atoms with Crippen LogP contribution in [0.5, 0.6) is 0 Å². The number of amides is 1. The molecule has 1 saturated heterocycles. The number of nitrogens with zero attached hydrogens (tertiary/aromatic N) is 3. The largest absolute Gasteiger partial charge is 0.315 e. The van der Waals surface area contributed by atoms with E-state index in [0.29, 0.717) is 20.8 Å². The number of aliphatic imine (C=N–C) groups is 1. The van der Waals surface area contributed by atoms with Gasteiger partial charge in [0.15, 0.2) is 5.17 Å². The molecule has 1 fully saturated rings. The third kappa shape index (κ3) is 3.12. The van der Waals surface area contributed by atoms with Crippen LogP contribution in [0.4, 0.5) is 4.39 Å². The van der Waals surface area contributed by atoms with Gasteiger partial charge >= 0.3 is 0 Å². The van der Waals surface area contributed by atoms with E-state index in [1.807, 2.05) is 30.6 Å². The molecule has 1 aliphatic rings. The maximum atomic E-state index is 14.3. The first-order chi connectivity index (χ1) is 11.8. The number of thioether (sulfide) groups is 1. The van der Waals surface area contributed by atoms with E-state index in [1.54, 1.807) is 26.2 Å². The highest BCUT2D eigenvalue weighted by atomic mass is 35.5. The Kier molecular flexibility index (Phi) is 4.75. The van der Waals surface area contributed by atoms with Gasteiger partial charge in [-0.1, -0.05) is 11.6 Å². The number of hydrogen-bond acceptors (Lipinski definition) is 3. The first-order valence-electron chi connectivity index (χ1n) is 7.62. The lowest BCUT2D eigenvalue weighted by Crippen LogP contribution is -2.23. The molecule has 3 rings (SSSR count). The van der Waals surface area contributed by atoms with Crippen molar-refractivity contribution in [1.29, 1.82) is 0 Å². The maximum Gasteiger partial charge on any atom is 0.266 e. The monoisotopic (exact) mass is 377 g/mol. The lowest BCUT2D eigenvalue weighted by molar-refractivity contribution is -0.121. The molecule has 25 heavy (non-hydrogen) atoms. The number of hydrogen-bond donors (Lipinski definition) is 0. The second kappa shape index (κ2) is 6.69. The van der Waals surface area contributed by atoms with Gasteiger partial charge in [0, 0.05) is 30.5 Å². The molecule has 2 heterocycles. The van der Waals surface area contributed by atoms with E-state index in [-0.39, 0.29) is 11.7 Å². The Morgan fingerprint density at radius 2 is 2.00 bits per heavy atom. The fourth-order valence-corrected chi connectivity index (χ4v) is 3.93. The van der Waals surface area contributed by atoms with Crippen LogP contribution in [0.2, 0.25) is 5.02 Å². The molecule has 0 spiro atoms. The van der Waals surface area contributed by atoms with Crippen molar-refractivity contribution in [2.75, 3.05) is 14.1 Å². The van der Waals surface area contributed by atoms with Crippen molar-refractivity contribution in [2.24, 2.45) is 4.99 Å². The second-order valence-electron chi connectivity index (χ2n) is 5.74. The fourth-order valence-electron chi connectivity index (χ4n) is 2.86. The summed E-state index contributed by atoms with van der Waals surface area (Å²) in [6, 6.07) is 6.54. The molecule has 0 bridgehead atoms. The van der Waals surface area contributed by atoms with Crippen molar-refractivity contribution in [3.8, 4) is 5.69 Å². The SMILES string of the molecule is CN=C1S/C(=C/c2cc(C)n(-c3ccc(Cl)cc3F)c2C)C(=O)N1C. The molecule has 1 amide bonds. The number of carbonyl (C=O) groups excluding carboxylic acids is 1. The average Bonchev–Trinajstić information content (AvgIpc) is 2.99. The molecule has 0 radical (unpaired) electrons. The number of rotatable bonds is 2. The Balaban J connectivity index is 2.07. The van der Waals surface area contributed by atoms with Gasteiger partial charge in [-0.3, -0.25) is 14.7 Å². The minimum atomic E-state index is -0.389. The minimum absolute atomic E-state index is 0.0897. The highest BCUT2D eigenvalue weighted by Gasteiger charge is 2.30. The van der Waals surface area contributed by atoms with E-state index < -0.39 is 0 Å². The molecule has 7 heteroatoms. The third-order valence-electron chi connectivity index (χ3n) is 4.10. The van der Waals surface area contributed by atoms with Crippen LogP contribution in [0.25, 0.3) is 11.8 Å². The molecule has 1 aliphatic heterocycles. The smallest absolute Gasteiger partial charge is 0.266 e. The summed E-state index contributed by atoms with van der Waals surface area (Å²) in [7, 11) is 3.36. The molecule has 0 aliphatic carbocycles. The summed E-state index contributed by atoms with van der Waals surface area (Å²) < 4.78 is 16.1. The van der Waals surface area contributed by atoms with E-state index in [0.717, 1.165) is 17.0 Å². The van der Waals surface area contributed by atoms with Crippen LogP contribution in [0.1, 0.15) is 17.0 Å². The summed E-state index contributed by atoms with van der Waals surface area (Å²) in [6.07, 6.45) is 1.83. The van der Waals surface area contributed by atoms with Gasteiger partial charge in [-0.15, -0.1) is 0 Å². The second-order valence-corrected chi connectivity index (χ2v) is 7.18. The van der Waals surface area contributed by atoms with Crippen LogP contribution in [0, 0.1) is 19.7 Å². The molecule has 2 aromatic rings. The molecule has 0 N–H and O–H groups in total. The predicted octanol–water partition coefficient (Wildman–Crippen LogP) is 4.42. The average molecular weight is 378 g/mol. The number of halogens is 2. The summed E-state index contributed by atoms with van der Waals surface area (Å²) >= 11 is 7.18. The maximum absolute atomic E-state index is 14.3. The van der Waals surface area contributed by atoms with Crippen molar-refractivity contribution in [3.63, 3.8) is 0 Å². The van der Waals surface area contributed by atoms with Crippen LogP contribution in [-0.2, 0) is 4.79 Å².